The van der Waals surface area contributed by atoms with Crippen molar-refractivity contribution in [3.05, 3.63) is 71.7 Å². The SMILES string of the molecule is CC(C)[O-].Cc1cccc([O-])n1.Cc1cccc([O-])n1.Cc1cccc([O-])n1.[Ti+4]. The minimum Gasteiger partial charge on any atom is -0.859 e. The van der Waals surface area contributed by atoms with Crippen LogP contribution in [0.3, 0.4) is 0 Å². The van der Waals surface area contributed by atoms with Gasteiger partial charge in [0.2, 0.25) is 0 Å². The number of pyridine rings is 3. The summed E-state index contributed by atoms with van der Waals surface area (Å²) in [7, 11) is 0. The first-order chi connectivity index (χ1) is 13.1. The van der Waals surface area contributed by atoms with Gasteiger partial charge in [-0.3, -0.25) is 15.0 Å². The molecule has 0 spiro atoms. The van der Waals surface area contributed by atoms with Gasteiger partial charge in [0.05, 0.1) is 0 Å². The fourth-order valence-corrected chi connectivity index (χ4v) is 1.55. The van der Waals surface area contributed by atoms with Crippen LogP contribution in [0.1, 0.15) is 30.9 Å². The van der Waals surface area contributed by atoms with E-state index in [1.54, 1.807) is 71.0 Å². The van der Waals surface area contributed by atoms with Crippen molar-refractivity contribution in [3.63, 3.8) is 0 Å². The maximum atomic E-state index is 10.4. The molecule has 7 nitrogen and oxygen atoms in total. The van der Waals surface area contributed by atoms with Crippen LogP contribution in [0, 0.1) is 20.8 Å². The molecule has 152 valence electrons. The Morgan fingerprint density at radius 3 is 0.897 bits per heavy atom. The molecule has 0 saturated heterocycles. The van der Waals surface area contributed by atoms with Gasteiger partial charge in [-0.25, -0.2) is 0 Å². The second kappa shape index (κ2) is 16.5. The van der Waals surface area contributed by atoms with Gasteiger partial charge in [0.1, 0.15) is 0 Å². The Morgan fingerprint density at radius 2 is 0.793 bits per heavy atom. The van der Waals surface area contributed by atoms with Crippen molar-refractivity contribution in [2.45, 2.75) is 40.7 Å². The molecule has 3 heterocycles. The monoisotopic (exact) mass is 431 g/mol. The van der Waals surface area contributed by atoms with Gasteiger partial charge in [-0.05, 0) is 56.6 Å². The van der Waals surface area contributed by atoms with Crippen LogP contribution >= 0.6 is 0 Å². The van der Waals surface area contributed by atoms with E-state index in [1.165, 1.54) is 18.2 Å². The minimum absolute atomic E-state index is 0. The van der Waals surface area contributed by atoms with Crippen LogP contribution in [0.2, 0.25) is 0 Å². The zero-order chi connectivity index (χ0) is 21.5. The second-order valence-corrected chi connectivity index (χ2v) is 5.90. The Labute approximate surface area is 187 Å². The summed E-state index contributed by atoms with van der Waals surface area (Å²) in [5.74, 6) is -0.486. The van der Waals surface area contributed by atoms with Crippen molar-refractivity contribution < 1.29 is 42.1 Å². The molecule has 0 aromatic carbocycles. The summed E-state index contributed by atoms with van der Waals surface area (Å²) in [5.41, 5.74) is 2.33. The van der Waals surface area contributed by atoms with Crippen LogP contribution in [0.4, 0.5) is 0 Å². The number of aromatic nitrogens is 3. The summed E-state index contributed by atoms with van der Waals surface area (Å²) in [6, 6.07) is 14.8. The molecule has 0 aliphatic carbocycles. The first kappa shape index (κ1) is 28.7. The van der Waals surface area contributed by atoms with Crippen LogP contribution in [0.25, 0.3) is 0 Å². The Balaban J connectivity index is 0. The summed E-state index contributed by atoms with van der Waals surface area (Å²) in [6.07, 6.45) is -0.417. The molecular weight excluding hydrogens is 406 g/mol. The van der Waals surface area contributed by atoms with Crippen molar-refractivity contribution in [1.29, 1.82) is 0 Å². The summed E-state index contributed by atoms with van der Waals surface area (Å²) in [5, 5.41) is 40.7. The molecule has 8 heteroatoms. The standard InChI is InChI=1S/3C6H7NO.C3H7O.Ti/c3*1-5-3-2-4-6(8)7-5;1-3(2)4;/h3*2-4H,1H3,(H,7,8);3H,1-2H3;/q;;;-1;+4/p-3. The molecule has 0 aliphatic rings. The average molecular weight is 431 g/mol. The zero-order valence-electron chi connectivity index (χ0n) is 17.2. The predicted molar refractivity (Wildman–Crippen MR) is 100 cm³/mol. The van der Waals surface area contributed by atoms with Crippen LogP contribution in [-0.4, -0.2) is 21.1 Å². The van der Waals surface area contributed by atoms with E-state index >= 15 is 0 Å². The summed E-state index contributed by atoms with van der Waals surface area (Å²) < 4.78 is 0. The minimum atomic E-state index is -0.417. The van der Waals surface area contributed by atoms with E-state index in [0.29, 0.717) is 0 Å². The molecule has 0 saturated carbocycles. The Hall–Kier alpha value is -2.48. The smallest absolute Gasteiger partial charge is 0.859 e. The van der Waals surface area contributed by atoms with Crippen LogP contribution in [-0.2, 0) is 21.7 Å². The fourth-order valence-electron chi connectivity index (χ4n) is 1.55. The van der Waals surface area contributed by atoms with Crippen LogP contribution in [0.15, 0.2) is 54.6 Å². The van der Waals surface area contributed by atoms with E-state index < -0.39 is 6.10 Å². The Kier molecular flexibility index (Phi) is 16.3. The van der Waals surface area contributed by atoms with E-state index in [9.17, 15) is 20.4 Å². The van der Waals surface area contributed by atoms with Crippen molar-refractivity contribution in [1.82, 2.24) is 15.0 Å². The number of hydrogen-bond acceptors (Lipinski definition) is 7. The molecule has 0 unspecified atom stereocenters. The Morgan fingerprint density at radius 1 is 0.586 bits per heavy atom. The molecule has 0 aliphatic heterocycles. The average Bonchev–Trinajstić information content (AvgIpc) is 2.54. The summed E-state index contributed by atoms with van der Waals surface area (Å²) in [4.78, 5) is 10.9. The van der Waals surface area contributed by atoms with E-state index in [-0.39, 0.29) is 39.4 Å². The molecule has 3 rings (SSSR count). The molecule has 0 atom stereocenters. The zero-order valence-corrected chi connectivity index (χ0v) is 18.8. The van der Waals surface area contributed by atoms with E-state index in [4.69, 9.17) is 0 Å². The van der Waals surface area contributed by atoms with Crippen LogP contribution < -0.4 is 20.4 Å². The van der Waals surface area contributed by atoms with E-state index in [1.807, 2.05) is 0 Å². The summed E-state index contributed by atoms with van der Waals surface area (Å²) in [6.45, 7) is 8.60. The third-order valence-electron chi connectivity index (χ3n) is 2.59. The van der Waals surface area contributed by atoms with Crippen molar-refractivity contribution in [2.24, 2.45) is 0 Å². The topological polar surface area (TPSA) is 131 Å². The third kappa shape index (κ3) is 18.6. The van der Waals surface area contributed by atoms with Gasteiger partial charge in [-0.2, -0.15) is 0 Å². The fraction of sp³-hybridized carbons (Fsp3) is 0.286. The van der Waals surface area contributed by atoms with Gasteiger partial charge in [-0.1, -0.05) is 50.2 Å². The maximum Gasteiger partial charge on any atom is 4.00 e. The quantitative estimate of drug-likeness (QED) is 0.488. The van der Waals surface area contributed by atoms with Gasteiger partial charge >= 0.3 is 21.7 Å². The van der Waals surface area contributed by atoms with Gasteiger partial charge in [0, 0.05) is 17.1 Å². The molecule has 0 fully saturated rings. The van der Waals surface area contributed by atoms with Crippen molar-refractivity contribution >= 4 is 0 Å². The van der Waals surface area contributed by atoms with Gasteiger partial charge < -0.3 is 20.4 Å². The molecular formula is C21H25N3O4Ti. The molecule has 0 bridgehead atoms. The Bertz CT molecular complexity index is 659. The summed E-state index contributed by atoms with van der Waals surface area (Å²) >= 11 is 0. The maximum absolute atomic E-state index is 10.4. The predicted octanol–water partition coefficient (Wildman–Crippen LogP) is 1.14. The van der Waals surface area contributed by atoms with E-state index in [0.717, 1.165) is 17.1 Å². The second-order valence-electron chi connectivity index (χ2n) is 5.90. The molecule has 0 amide bonds. The van der Waals surface area contributed by atoms with Crippen molar-refractivity contribution in [3.8, 4) is 17.6 Å². The normalized spacial score (nSPS) is 8.79. The van der Waals surface area contributed by atoms with Gasteiger partial charge in [0.15, 0.2) is 0 Å². The van der Waals surface area contributed by atoms with Crippen molar-refractivity contribution in [2.75, 3.05) is 0 Å². The molecule has 29 heavy (non-hydrogen) atoms. The van der Waals surface area contributed by atoms with E-state index in [2.05, 4.69) is 15.0 Å². The molecule has 0 radical (unpaired) electrons. The van der Waals surface area contributed by atoms with Crippen LogP contribution in [0.5, 0.6) is 17.6 Å². The first-order valence-electron chi connectivity index (χ1n) is 8.58. The number of aryl methyl sites for hydroxylation is 3. The number of rotatable bonds is 0. The molecule has 0 N–H and O–H groups in total. The van der Waals surface area contributed by atoms with Gasteiger partial charge in [-0.15, -0.1) is 6.10 Å². The van der Waals surface area contributed by atoms with Gasteiger partial charge in [0.25, 0.3) is 0 Å². The largest absolute Gasteiger partial charge is 4.00 e. The third-order valence-corrected chi connectivity index (χ3v) is 2.59. The first-order valence-corrected chi connectivity index (χ1v) is 8.58. The molecule has 3 aromatic rings. The number of hydrogen-bond donors (Lipinski definition) is 0. The molecule has 3 aromatic heterocycles. The number of nitrogens with zero attached hydrogens (tertiary/aromatic N) is 3.